The van der Waals surface area contributed by atoms with Crippen molar-refractivity contribution in [3.05, 3.63) is 0 Å². The van der Waals surface area contributed by atoms with Crippen LogP contribution in [0, 0.1) is 5.92 Å². The minimum Gasteiger partial charge on any atom is -0.300 e. The van der Waals surface area contributed by atoms with E-state index in [0.29, 0.717) is 0 Å². The van der Waals surface area contributed by atoms with Crippen LogP contribution in [0.15, 0.2) is 0 Å². The van der Waals surface area contributed by atoms with Crippen LogP contribution in [0.5, 0.6) is 0 Å². The van der Waals surface area contributed by atoms with Gasteiger partial charge in [0.15, 0.2) is 0 Å². The highest BCUT2D eigenvalue weighted by molar-refractivity contribution is 5.84. The number of rotatable bonds is 3. The lowest BCUT2D eigenvalue weighted by atomic mass is 10.1. The first kappa shape index (κ1) is 9.10. The molecule has 0 aromatic rings. The molecule has 1 amide bonds. The van der Waals surface area contributed by atoms with Gasteiger partial charge in [-0.3, -0.25) is 10.2 Å². The molecule has 0 spiro atoms. The Morgan fingerprint density at radius 1 is 1.60 bits per heavy atom. The fourth-order valence-corrected chi connectivity index (χ4v) is 0.666. The molecule has 0 saturated heterocycles. The summed E-state index contributed by atoms with van der Waals surface area (Å²) < 4.78 is 0. The number of nitrogens with two attached hydrogens (primary N) is 1. The summed E-state index contributed by atoms with van der Waals surface area (Å²) in [4.78, 5) is 21.1. The van der Waals surface area contributed by atoms with Gasteiger partial charge in [-0.15, -0.1) is 0 Å². The van der Waals surface area contributed by atoms with Crippen molar-refractivity contribution in [3.63, 3.8) is 0 Å². The third-order valence-electron chi connectivity index (χ3n) is 1.18. The van der Waals surface area contributed by atoms with Gasteiger partial charge >= 0.3 is 0 Å². The number of amides is 1. The minimum absolute atomic E-state index is 0.00361. The predicted octanol–water partition coefficient (Wildman–Crippen LogP) is -0.409. The molecular weight excluding hydrogens is 132 g/mol. The van der Waals surface area contributed by atoms with Crippen LogP contribution in [-0.2, 0) is 9.59 Å². The molecule has 58 valence electrons. The van der Waals surface area contributed by atoms with Crippen LogP contribution < -0.4 is 11.3 Å². The van der Waals surface area contributed by atoms with Crippen molar-refractivity contribution in [2.24, 2.45) is 11.8 Å². The monoisotopic (exact) mass is 144 g/mol. The van der Waals surface area contributed by atoms with Gasteiger partial charge in [0.2, 0.25) is 5.91 Å². The van der Waals surface area contributed by atoms with Crippen LogP contribution in [0.25, 0.3) is 0 Å². The number of hydrogen-bond acceptors (Lipinski definition) is 3. The number of nitrogens with one attached hydrogen (secondary N) is 1. The van der Waals surface area contributed by atoms with Gasteiger partial charge in [-0.05, 0) is 6.92 Å². The molecule has 0 unspecified atom stereocenters. The highest BCUT2D eigenvalue weighted by atomic mass is 16.2. The van der Waals surface area contributed by atoms with E-state index in [1.807, 2.05) is 5.43 Å². The molecule has 0 rings (SSSR count). The van der Waals surface area contributed by atoms with Gasteiger partial charge in [-0.25, -0.2) is 5.84 Å². The first-order chi connectivity index (χ1) is 4.57. The summed E-state index contributed by atoms with van der Waals surface area (Å²) in [7, 11) is 0. The maximum atomic E-state index is 10.7. The Labute approximate surface area is 59.7 Å². The van der Waals surface area contributed by atoms with E-state index in [4.69, 9.17) is 5.84 Å². The first-order valence-corrected chi connectivity index (χ1v) is 3.07. The fraction of sp³-hybridized carbons (Fsp3) is 0.667. The van der Waals surface area contributed by atoms with E-state index in [1.54, 1.807) is 6.92 Å². The lowest BCUT2D eigenvalue weighted by molar-refractivity contribution is -0.128. The summed E-state index contributed by atoms with van der Waals surface area (Å²) in [5.41, 5.74) is 1.98. The van der Waals surface area contributed by atoms with E-state index in [-0.39, 0.29) is 24.0 Å². The maximum absolute atomic E-state index is 10.7. The molecule has 0 aliphatic heterocycles. The molecule has 0 aliphatic carbocycles. The van der Waals surface area contributed by atoms with Crippen LogP contribution in [0.4, 0.5) is 0 Å². The molecule has 0 bridgehead atoms. The molecule has 3 N–H and O–H groups in total. The van der Waals surface area contributed by atoms with Gasteiger partial charge in [0.1, 0.15) is 5.78 Å². The molecule has 10 heavy (non-hydrogen) atoms. The summed E-state index contributed by atoms with van der Waals surface area (Å²) in [5, 5.41) is 0. The molecular formula is C6H12N2O2. The van der Waals surface area contributed by atoms with E-state index in [1.165, 1.54) is 6.92 Å². The summed E-state index contributed by atoms with van der Waals surface area (Å²) >= 11 is 0. The number of carbonyl (C=O) groups excluding carboxylic acids is 2. The third-order valence-corrected chi connectivity index (χ3v) is 1.18. The lowest BCUT2D eigenvalue weighted by Crippen LogP contribution is -2.35. The topological polar surface area (TPSA) is 72.2 Å². The van der Waals surface area contributed by atoms with Crippen LogP contribution >= 0.6 is 0 Å². The average molecular weight is 144 g/mol. The van der Waals surface area contributed by atoms with Crippen LogP contribution in [-0.4, -0.2) is 11.7 Å². The van der Waals surface area contributed by atoms with E-state index < -0.39 is 0 Å². The average Bonchev–Trinajstić information content (AvgIpc) is 1.85. The molecule has 1 atom stereocenters. The van der Waals surface area contributed by atoms with Gasteiger partial charge in [-0.2, -0.15) is 0 Å². The number of hydrazine groups is 1. The van der Waals surface area contributed by atoms with Gasteiger partial charge in [0.25, 0.3) is 0 Å². The zero-order chi connectivity index (χ0) is 8.15. The third kappa shape index (κ3) is 3.19. The fourth-order valence-electron chi connectivity index (χ4n) is 0.666. The Bertz CT molecular complexity index is 145. The SMILES string of the molecule is CC(=O)C[C@@H](C)C(=O)NN. The highest BCUT2D eigenvalue weighted by Crippen LogP contribution is 2.00. The molecule has 0 saturated carbocycles. The Kier molecular flexibility index (Phi) is 3.64. The standard InChI is InChI=1S/C6H12N2O2/c1-4(3-5(2)9)6(10)8-7/h4H,3,7H2,1-2H3,(H,8,10)/t4-/m1/s1. The number of carbonyl (C=O) groups is 2. The number of ketones is 1. The highest BCUT2D eigenvalue weighted by Gasteiger charge is 2.12. The molecule has 0 fully saturated rings. The second-order valence-corrected chi connectivity index (χ2v) is 2.32. The van der Waals surface area contributed by atoms with E-state index in [2.05, 4.69) is 0 Å². The van der Waals surface area contributed by atoms with Crippen LogP contribution in [0.1, 0.15) is 20.3 Å². The minimum atomic E-state index is -0.317. The molecule has 0 heterocycles. The van der Waals surface area contributed by atoms with Crippen molar-refractivity contribution >= 4 is 11.7 Å². The van der Waals surface area contributed by atoms with Gasteiger partial charge in [0.05, 0.1) is 0 Å². The summed E-state index contributed by atoms with van der Waals surface area (Å²) in [6, 6.07) is 0. The van der Waals surface area contributed by atoms with Gasteiger partial charge in [-0.1, -0.05) is 6.92 Å². The Hall–Kier alpha value is -0.900. The zero-order valence-electron chi connectivity index (χ0n) is 6.18. The normalized spacial score (nSPS) is 12.3. The second kappa shape index (κ2) is 4.00. The van der Waals surface area contributed by atoms with E-state index in [0.717, 1.165) is 0 Å². The number of hydrogen-bond donors (Lipinski definition) is 2. The second-order valence-electron chi connectivity index (χ2n) is 2.32. The Morgan fingerprint density at radius 2 is 2.10 bits per heavy atom. The molecule has 0 radical (unpaired) electrons. The smallest absolute Gasteiger partial charge is 0.237 e. The van der Waals surface area contributed by atoms with Gasteiger partial charge in [0, 0.05) is 12.3 Å². The van der Waals surface area contributed by atoms with Crippen molar-refractivity contribution in [2.45, 2.75) is 20.3 Å². The first-order valence-electron chi connectivity index (χ1n) is 3.07. The number of Topliss-reactive ketones (excluding diaryl/α,β-unsaturated/α-hetero) is 1. The Morgan fingerprint density at radius 3 is 2.40 bits per heavy atom. The van der Waals surface area contributed by atoms with Crippen molar-refractivity contribution in [3.8, 4) is 0 Å². The van der Waals surface area contributed by atoms with Gasteiger partial charge < -0.3 is 4.79 Å². The summed E-state index contributed by atoms with van der Waals surface area (Å²) in [5.74, 6) is 4.22. The molecule has 0 aromatic carbocycles. The molecule has 4 heteroatoms. The quantitative estimate of drug-likeness (QED) is 0.321. The summed E-state index contributed by atoms with van der Waals surface area (Å²) in [6.45, 7) is 3.10. The molecule has 0 aliphatic rings. The largest absolute Gasteiger partial charge is 0.300 e. The van der Waals surface area contributed by atoms with Crippen molar-refractivity contribution in [1.82, 2.24) is 5.43 Å². The van der Waals surface area contributed by atoms with Crippen LogP contribution in [0.3, 0.4) is 0 Å². The van der Waals surface area contributed by atoms with E-state index in [9.17, 15) is 9.59 Å². The maximum Gasteiger partial charge on any atom is 0.237 e. The van der Waals surface area contributed by atoms with Crippen molar-refractivity contribution in [1.29, 1.82) is 0 Å². The van der Waals surface area contributed by atoms with Crippen molar-refractivity contribution < 1.29 is 9.59 Å². The molecule has 0 aromatic heterocycles. The zero-order valence-corrected chi connectivity index (χ0v) is 6.18. The molecule has 4 nitrogen and oxygen atoms in total. The predicted molar refractivity (Wildman–Crippen MR) is 36.8 cm³/mol. The summed E-state index contributed by atoms with van der Waals surface area (Å²) in [6.07, 6.45) is 0.253. The lowest BCUT2D eigenvalue weighted by Gasteiger charge is -2.05. The van der Waals surface area contributed by atoms with E-state index >= 15 is 0 Å². The Balaban J connectivity index is 3.72. The van der Waals surface area contributed by atoms with Crippen molar-refractivity contribution in [2.75, 3.05) is 0 Å². The van der Waals surface area contributed by atoms with Crippen LogP contribution in [0.2, 0.25) is 0 Å².